The van der Waals surface area contributed by atoms with Gasteiger partial charge in [0.05, 0.1) is 11.1 Å². The third kappa shape index (κ3) is 7.15. The molecule has 0 bridgehead atoms. The van der Waals surface area contributed by atoms with Crippen molar-refractivity contribution in [1.82, 2.24) is 0 Å². The monoisotopic (exact) mass is 947 g/mol. The summed E-state index contributed by atoms with van der Waals surface area (Å²) in [4.78, 5) is 5.44. The molecular weight excluding hydrogens is 876 g/mol. The summed E-state index contributed by atoms with van der Waals surface area (Å²) in [5.41, 5.74) is 22.0. The van der Waals surface area contributed by atoms with Crippen LogP contribution in [-0.4, -0.2) is 6.71 Å². The number of allylic oxidation sites excluding steroid dienone is 11. The van der Waals surface area contributed by atoms with Crippen LogP contribution in [-0.2, 0) is 16.2 Å². The first-order chi connectivity index (χ1) is 33.7. The van der Waals surface area contributed by atoms with E-state index >= 15 is 0 Å². The largest absolute Gasteiger partial charge is 0.315 e. The van der Waals surface area contributed by atoms with Crippen molar-refractivity contribution in [3.63, 3.8) is 0 Å². The van der Waals surface area contributed by atoms with Crippen molar-refractivity contribution in [2.75, 3.05) is 9.80 Å². The second-order valence-corrected chi connectivity index (χ2v) is 26.8. The summed E-state index contributed by atoms with van der Waals surface area (Å²) in [5.74, 6) is 0.717. The van der Waals surface area contributed by atoms with E-state index in [2.05, 4.69) is 256 Å². The van der Waals surface area contributed by atoms with Gasteiger partial charge in [-0.3, -0.25) is 0 Å². The average Bonchev–Trinajstić information content (AvgIpc) is 3.85. The Morgan fingerprint density at radius 2 is 1.31 bits per heavy atom. The Morgan fingerprint density at radius 3 is 1.90 bits per heavy atom. The molecule has 0 spiro atoms. The molecule has 2 unspecified atom stereocenters. The molecule has 6 aromatic rings. The Kier molecular flexibility index (Phi) is 10.5. The van der Waals surface area contributed by atoms with Crippen LogP contribution in [0.5, 0.6) is 0 Å². The van der Waals surface area contributed by atoms with Crippen molar-refractivity contribution in [2.24, 2.45) is 16.7 Å². The number of fused-ring (bicyclic) bond motifs is 8. The van der Waals surface area contributed by atoms with Gasteiger partial charge in [0, 0.05) is 43.3 Å². The van der Waals surface area contributed by atoms with E-state index in [-0.39, 0.29) is 34.2 Å². The summed E-state index contributed by atoms with van der Waals surface area (Å²) in [6, 6.07) is 42.9. The standard InChI is InChI=1S/C67H71BN2S/c1-63(2,3)42-27-32-48(33-28-42)69-56-36-31-46(65(7,8)9)37-55(56)68-60-57(69)38-47(66(10,11)12)39-58(60)70(49-34-29-43(30-35-49)64(4,5)6)61-52-40-51-50-25-19-20-26-53(50)67(44-21-15-13-16-22-44,45-23-17-14-18-24-45)54(51)41-59(52)71-62(61)68/h13-18,20-24,26-29,31-36,38-41,43,55H,19,25,30,37H2,1-12H3. The highest BCUT2D eigenvalue weighted by Gasteiger charge is 2.53. The van der Waals surface area contributed by atoms with Crippen LogP contribution in [0, 0.1) is 16.7 Å². The van der Waals surface area contributed by atoms with E-state index in [1.165, 1.54) is 105 Å². The molecule has 4 aliphatic carbocycles. The summed E-state index contributed by atoms with van der Waals surface area (Å²) in [6.07, 6.45) is 21.6. The van der Waals surface area contributed by atoms with Crippen molar-refractivity contribution in [1.29, 1.82) is 0 Å². The predicted molar refractivity (Wildman–Crippen MR) is 308 cm³/mol. The van der Waals surface area contributed by atoms with Crippen molar-refractivity contribution in [3.05, 3.63) is 208 Å². The smallest absolute Gasteiger partial charge is 0.239 e. The lowest BCUT2D eigenvalue weighted by atomic mass is 9.31. The molecule has 0 N–H and O–H groups in total. The highest BCUT2D eigenvalue weighted by atomic mass is 32.1. The Morgan fingerprint density at radius 1 is 0.662 bits per heavy atom. The van der Waals surface area contributed by atoms with E-state index < -0.39 is 5.41 Å². The van der Waals surface area contributed by atoms with Gasteiger partial charge in [0.1, 0.15) is 0 Å². The molecule has 0 amide bonds. The zero-order chi connectivity index (χ0) is 49.6. The molecule has 0 saturated heterocycles. The molecule has 0 radical (unpaired) electrons. The van der Waals surface area contributed by atoms with Gasteiger partial charge in [0.2, 0.25) is 6.71 Å². The van der Waals surface area contributed by atoms with Gasteiger partial charge in [-0.1, -0.05) is 192 Å². The van der Waals surface area contributed by atoms with Crippen LogP contribution in [0.2, 0.25) is 5.82 Å². The first-order valence-corrected chi connectivity index (χ1v) is 27.4. The minimum atomic E-state index is -0.420. The Hall–Kier alpha value is -5.84. The summed E-state index contributed by atoms with van der Waals surface area (Å²) < 4.78 is 2.88. The molecule has 2 aliphatic heterocycles. The van der Waals surface area contributed by atoms with Gasteiger partial charge in [-0.15, -0.1) is 11.3 Å². The first kappa shape index (κ1) is 46.2. The van der Waals surface area contributed by atoms with E-state index in [0.29, 0.717) is 5.92 Å². The molecule has 0 saturated carbocycles. The number of nitrogens with zero attached hydrogens (tertiary/aromatic N) is 2. The lowest BCUT2D eigenvalue weighted by molar-refractivity contribution is 0.293. The zero-order valence-electron chi connectivity index (χ0n) is 44.3. The minimum Gasteiger partial charge on any atom is -0.315 e. The Balaban J connectivity index is 1.18. The van der Waals surface area contributed by atoms with Gasteiger partial charge in [0.25, 0.3) is 0 Å². The number of anilines is 4. The maximum Gasteiger partial charge on any atom is 0.239 e. The van der Waals surface area contributed by atoms with Crippen LogP contribution in [0.15, 0.2) is 174 Å². The first-order valence-electron chi connectivity index (χ1n) is 26.6. The van der Waals surface area contributed by atoms with Gasteiger partial charge in [-0.05, 0) is 158 Å². The van der Waals surface area contributed by atoms with Gasteiger partial charge in [-0.2, -0.15) is 0 Å². The molecule has 2 atom stereocenters. The van der Waals surface area contributed by atoms with Crippen LogP contribution < -0.4 is 20.0 Å². The molecule has 2 nitrogen and oxygen atoms in total. The highest BCUT2D eigenvalue weighted by Crippen LogP contribution is 2.60. The van der Waals surface area contributed by atoms with Crippen LogP contribution in [0.1, 0.15) is 142 Å². The third-order valence-corrected chi connectivity index (χ3v) is 18.4. The Labute approximate surface area is 429 Å². The summed E-state index contributed by atoms with van der Waals surface area (Å²) in [6.45, 7) is 28.8. The lowest BCUT2D eigenvalue weighted by Crippen LogP contribution is -2.58. The number of hydrogen-bond donors (Lipinski definition) is 0. The van der Waals surface area contributed by atoms with Crippen LogP contribution >= 0.6 is 11.3 Å². The van der Waals surface area contributed by atoms with E-state index in [4.69, 9.17) is 0 Å². The molecular formula is C67H71BN2S. The fourth-order valence-electron chi connectivity index (χ4n) is 13.2. The molecule has 71 heavy (non-hydrogen) atoms. The average molecular weight is 947 g/mol. The molecule has 4 heteroatoms. The number of thiophene rings is 1. The maximum absolute atomic E-state index is 2.76. The second kappa shape index (κ2) is 16.1. The lowest BCUT2D eigenvalue weighted by Gasteiger charge is -2.49. The van der Waals surface area contributed by atoms with E-state index in [1.54, 1.807) is 0 Å². The minimum absolute atomic E-state index is 0.0459. The topological polar surface area (TPSA) is 6.48 Å². The molecule has 358 valence electrons. The van der Waals surface area contributed by atoms with Crippen molar-refractivity contribution in [2.45, 2.75) is 131 Å². The summed E-state index contributed by atoms with van der Waals surface area (Å²) in [7, 11) is 0. The SMILES string of the molecule is CC(C)(C)C1=CC=C2C(C1)B1c3sc4cc5c(cc4c3N(C3=CCC(C(C)(C)C)C=C3)c3cc(C(C)(C)C)cc(c31)N2c1ccc(C(C)(C)C)cc1)C1=C(C=CCC1)C5(c1ccccc1)c1ccccc1. The molecule has 3 heterocycles. The Bertz CT molecular complexity index is 3300. The highest BCUT2D eigenvalue weighted by molar-refractivity contribution is 7.32. The van der Waals surface area contributed by atoms with Crippen LogP contribution in [0.4, 0.5) is 22.7 Å². The fourth-order valence-corrected chi connectivity index (χ4v) is 14.5. The summed E-state index contributed by atoms with van der Waals surface area (Å²) >= 11 is 2.08. The van der Waals surface area contributed by atoms with Gasteiger partial charge in [0.15, 0.2) is 0 Å². The van der Waals surface area contributed by atoms with Crippen molar-refractivity contribution in [3.8, 4) is 0 Å². The number of rotatable bonds is 4. The second-order valence-electron chi connectivity index (χ2n) is 25.7. The zero-order valence-corrected chi connectivity index (χ0v) is 45.1. The van der Waals surface area contributed by atoms with E-state index in [0.717, 1.165) is 25.7 Å². The molecule has 1 aromatic heterocycles. The van der Waals surface area contributed by atoms with E-state index in [9.17, 15) is 0 Å². The number of hydrogen-bond acceptors (Lipinski definition) is 3. The van der Waals surface area contributed by atoms with E-state index in [1.807, 2.05) is 0 Å². The van der Waals surface area contributed by atoms with Crippen molar-refractivity contribution >= 4 is 66.7 Å². The predicted octanol–water partition coefficient (Wildman–Crippen LogP) is 17.3. The van der Waals surface area contributed by atoms with Gasteiger partial charge < -0.3 is 9.80 Å². The van der Waals surface area contributed by atoms with Crippen LogP contribution in [0.25, 0.3) is 15.7 Å². The third-order valence-electron chi connectivity index (χ3n) is 17.2. The number of benzene rings is 5. The maximum atomic E-state index is 2.76. The fraction of sp³-hybridized carbons (Fsp3) is 0.343. The van der Waals surface area contributed by atoms with Crippen LogP contribution in [0.3, 0.4) is 0 Å². The molecule has 6 aliphatic rings. The van der Waals surface area contributed by atoms with Gasteiger partial charge >= 0.3 is 0 Å². The molecule has 5 aromatic carbocycles. The van der Waals surface area contributed by atoms with Gasteiger partial charge in [-0.25, -0.2) is 0 Å². The quantitative estimate of drug-likeness (QED) is 0.163. The summed E-state index contributed by atoms with van der Waals surface area (Å²) in [5, 5.41) is 1.39. The normalized spacial score (nSPS) is 20.3. The van der Waals surface area contributed by atoms with Crippen molar-refractivity contribution < 1.29 is 0 Å². The molecule has 0 fully saturated rings. The molecule has 12 rings (SSSR count).